The van der Waals surface area contributed by atoms with Crippen LogP contribution in [0.4, 0.5) is 11.4 Å². The lowest BCUT2D eigenvalue weighted by atomic mass is 10.1. The normalized spacial score (nSPS) is 13.5. The highest BCUT2D eigenvalue weighted by Crippen LogP contribution is 2.32. The van der Waals surface area contributed by atoms with E-state index in [-0.39, 0.29) is 0 Å². The van der Waals surface area contributed by atoms with Gasteiger partial charge < -0.3 is 0 Å². The molecular formula is C16H15N3O2. The largest absolute Gasteiger partial charge is 0.318 e. The lowest BCUT2D eigenvalue weighted by molar-refractivity contribution is -0.114. The number of para-hydroxylation sites is 1. The average Bonchev–Trinajstić information content (AvgIpc) is 2.78. The molecule has 0 saturated heterocycles. The van der Waals surface area contributed by atoms with E-state index in [1.165, 1.54) is 5.01 Å². The molecule has 0 spiro atoms. The van der Waals surface area contributed by atoms with E-state index < -0.39 is 11.7 Å². The molecule has 5 nitrogen and oxygen atoms in total. The van der Waals surface area contributed by atoms with E-state index >= 15 is 0 Å². The maximum absolute atomic E-state index is 12.4. The first-order chi connectivity index (χ1) is 10.2. The molecule has 2 heterocycles. The van der Waals surface area contributed by atoms with Crippen molar-refractivity contribution in [2.75, 3.05) is 16.6 Å². The smallest absolute Gasteiger partial charge is 0.283 e. The Kier molecular flexibility index (Phi) is 3.39. The van der Waals surface area contributed by atoms with Gasteiger partial charge in [0.25, 0.3) is 5.78 Å². The zero-order valence-corrected chi connectivity index (χ0v) is 11.7. The van der Waals surface area contributed by atoms with Crippen molar-refractivity contribution in [2.45, 2.75) is 13.3 Å². The molecule has 1 aliphatic rings. The summed E-state index contributed by atoms with van der Waals surface area (Å²) < 4.78 is 0. The van der Waals surface area contributed by atoms with Gasteiger partial charge in [0, 0.05) is 18.9 Å². The second kappa shape index (κ2) is 5.36. The lowest BCUT2D eigenvalue weighted by Gasteiger charge is -2.33. The zero-order chi connectivity index (χ0) is 14.8. The van der Waals surface area contributed by atoms with Crippen LogP contribution < -0.4 is 10.0 Å². The highest BCUT2D eigenvalue weighted by molar-refractivity contribution is 6.52. The Morgan fingerprint density at radius 2 is 1.81 bits per heavy atom. The molecule has 5 heteroatoms. The number of pyridine rings is 1. The van der Waals surface area contributed by atoms with Gasteiger partial charge in [-0.2, -0.15) is 0 Å². The molecule has 1 aromatic heterocycles. The number of benzene rings is 1. The third-order valence-corrected chi connectivity index (χ3v) is 3.40. The van der Waals surface area contributed by atoms with E-state index in [9.17, 15) is 9.59 Å². The number of hydrogen-bond acceptors (Lipinski definition) is 4. The van der Waals surface area contributed by atoms with E-state index in [1.807, 2.05) is 30.1 Å². The van der Waals surface area contributed by atoms with Crippen molar-refractivity contribution < 1.29 is 9.59 Å². The van der Waals surface area contributed by atoms with Gasteiger partial charge in [-0.15, -0.1) is 0 Å². The van der Waals surface area contributed by atoms with Crippen LogP contribution in [-0.4, -0.2) is 23.2 Å². The third-order valence-electron chi connectivity index (χ3n) is 3.40. The predicted molar refractivity (Wildman–Crippen MR) is 80.1 cm³/mol. The molecule has 1 aromatic carbocycles. The molecule has 0 unspecified atom stereocenters. The van der Waals surface area contributed by atoms with E-state index in [4.69, 9.17) is 0 Å². The summed E-state index contributed by atoms with van der Waals surface area (Å²) in [6.07, 6.45) is 4.20. The molecule has 0 fully saturated rings. The number of anilines is 2. The molecule has 1 aliphatic heterocycles. The summed E-state index contributed by atoms with van der Waals surface area (Å²) in [6.45, 7) is 2.67. The Morgan fingerprint density at radius 3 is 2.52 bits per heavy atom. The molecule has 0 atom stereocenters. The van der Waals surface area contributed by atoms with Crippen molar-refractivity contribution in [1.29, 1.82) is 0 Å². The maximum atomic E-state index is 12.4. The molecule has 0 aliphatic carbocycles. The van der Waals surface area contributed by atoms with Gasteiger partial charge in [-0.25, -0.2) is 5.01 Å². The number of carbonyl (C=O) groups is 2. The Bertz CT molecular complexity index is 685. The number of Topliss-reactive ketones (excluding diaryl/α,β-unsaturated/α-hetero) is 1. The summed E-state index contributed by atoms with van der Waals surface area (Å²) in [5.74, 6) is -0.970. The summed E-state index contributed by atoms with van der Waals surface area (Å²) in [6, 6.07) is 10.7. The van der Waals surface area contributed by atoms with Crippen LogP contribution in [0, 0.1) is 0 Å². The summed E-state index contributed by atoms with van der Waals surface area (Å²) in [4.78, 5) is 28.5. The fraction of sp³-hybridized carbons (Fsp3) is 0.188. The highest BCUT2D eigenvalue weighted by Gasteiger charge is 2.39. The molecule has 0 saturated carbocycles. The lowest BCUT2D eigenvalue weighted by Crippen LogP contribution is -2.46. The molecule has 0 radical (unpaired) electrons. The van der Waals surface area contributed by atoms with Crippen molar-refractivity contribution in [3.05, 3.63) is 54.4 Å². The predicted octanol–water partition coefficient (Wildman–Crippen LogP) is 2.44. The van der Waals surface area contributed by atoms with Gasteiger partial charge in [-0.1, -0.05) is 19.1 Å². The number of ketones is 1. The van der Waals surface area contributed by atoms with Gasteiger partial charge in [0.1, 0.15) is 0 Å². The molecule has 1 amide bonds. The minimum absolute atomic E-state index is 0.456. The van der Waals surface area contributed by atoms with Gasteiger partial charge in [0.15, 0.2) is 0 Å². The van der Waals surface area contributed by atoms with Crippen molar-refractivity contribution in [3.63, 3.8) is 0 Å². The second-order valence-electron chi connectivity index (χ2n) is 4.79. The SMILES string of the molecule is CCCN(c1ccncc1)N1C(=O)C(=O)c2ccccc21. The molecular weight excluding hydrogens is 266 g/mol. The van der Waals surface area contributed by atoms with Crippen LogP contribution in [-0.2, 0) is 4.79 Å². The van der Waals surface area contributed by atoms with Crippen molar-refractivity contribution in [2.24, 2.45) is 0 Å². The number of nitrogens with zero attached hydrogens (tertiary/aromatic N) is 3. The van der Waals surface area contributed by atoms with Gasteiger partial charge in [0.2, 0.25) is 0 Å². The molecule has 0 N–H and O–H groups in total. The van der Waals surface area contributed by atoms with Crippen LogP contribution in [0.15, 0.2) is 48.8 Å². The van der Waals surface area contributed by atoms with Gasteiger partial charge >= 0.3 is 5.91 Å². The van der Waals surface area contributed by atoms with Crippen LogP contribution in [0.2, 0.25) is 0 Å². The average molecular weight is 281 g/mol. The summed E-state index contributed by atoms with van der Waals surface area (Å²) >= 11 is 0. The molecule has 3 rings (SSSR count). The van der Waals surface area contributed by atoms with Gasteiger partial charge in [-0.05, 0) is 30.7 Å². The second-order valence-corrected chi connectivity index (χ2v) is 4.79. The number of hydrogen-bond donors (Lipinski definition) is 0. The minimum atomic E-state index is -0.513. The van der Waals surface area contributed by atoms with E-state index in [0.717, 1.165) is 12.1 Å². The Morgan fingerprint density at radius 1 is 1.10 bits per heavy atom. The zero-order valence-electron chi connectivity index (χ0n) is 11.7. The van der Waals surface area contributed by atoms with E-state index in [2.05, 4.69) is 4.98 Å². The van der Waals surface area contributed by atoms with Crippen molar-refractivity contribution >= 4 is 23.1 Å². The molecule has 2 aromatic rings. The third kappa shape index (κ3) is 2.16. The first kappa shape index (κ1) is 13.3. The van der Waals surface area contributed by atoms with Crippen molar-refractivity contribution in [1.82, 2.24) is 4.98 Å². The number of hydrazine groups is 1. The van der Waals surface area contributed by atoms with Crippen molar-refractivity contribution in [3.8, 4) is 0 Å². The highest BCUT2D eigenvalue weighted by atomic mass is 16.2. The van der Waals surface area contributed by atoms with E-state index in [1.54, 1.807) is 30.6 Å². The number of amides is 1. The topological polar surface area (TPSA) is 53.5 Å². The summed E-state index contributed by atoms with van der Waals surface area (Å²) in [5.41, 5.74) is 1.93. The first-order valence-electron chi connectivity index (χ1n) is 6.89. The number of fused-ring (bicyclic) bond motifs is 1. The monoisotopic (exact) mass is 281 g/mol. The number of rotatable bonds is 4. The maximum Gasteiger partial charge on any atom is 0.318 e. The van der Waals surface area contributed by atoms with Crippen LogP contribution in [0.1, 0.15) is 23.7 Å². The Balaban J connectivity index is 2.08. The summed E-state index contributed by atoms with van der Waals surface area (Å²) in [7, 11) is 0. The fourth-order valence-electron chi connectivity index (χ4n) is 2.48. The molecule has 21 heavy (non-hydrogen) atoms. The fourth-order valence-corrected chi connectivity index (χ4v) is 2.48. The van der Waals surface area contributed by atoms with Crippen LogP contribution in [0.25, 0.3) is 0 Å². The number of aromatic nitrogens is 1. The first-order valence-corrected chi connectivity index (χ1v) is 6.89. The van der Waals surface area contributed by atoms with Gasteiger partial charge in [-0.3, -0.25) is 19.6 Å². The molecule has 0 bridgehead atoms. The van der Waals surface area contributed by atoms with Gasteiger partial charge in [0.05, 0.1) is 16.9 Å². The van der Waals surface area contributed by atoms with E-state index in [0.29, 0.717) is 17.8 Å². The Hall–Kier alpha value is -2.69. The minimum Gasteiger partial charge on any atom is -0.283 e. The summed E-state index contributed by atoms with van der Waals surface area (Å²) in [5, 5.41) is 3.30. The van der Waals surface area contributed by atoms with Crippen LogP contribution in [0.3, 0.4) is 0 Å². The molecule has 106 valence electrons. The quantitative estimate of drug-likeness (QED) is 0.808. The van der Waals surface area contributed by atoms with Crippen LogP contribution in [0.5, 0.6) is 0 Å². The Labute approximate surface area is 122 Å². The van der Waals surface area contributed by atoms with Crippen LogP contribution >= 0.6 is 0 Å². The standard InChI is InChI=1S/C16H15N3O2/c1-2-11-18(12-7-9-17-10-8-12)19-14-6-4-3-5-13(14)15(20)16(19)21/h3-10H,2,11H2,1H3. The number of carbonyl (C=O) groups excluding carboxylic acids is 2.